The fraction of sp³-hybridized carbons (Fsp3) is 0.278. The lowest BCUT2D eigenvalue weighted by molar-refractivity contribution is 0.102. The van der Waals surface area contributed by atoms with Crippen LogP contribution in [0.4, 0.5) is 5.69 Å². The molecule has 0 heterocycles. The van der Waals surface area contributed by atoms with Gasteiger partial charge in [-0.05, 0) is 68.1 Å². The molecule has 3 rings (SSSR count). The van der Waals surface area contributed by atoms with Crippen molar-refractivity contribution in [1.82, 2.24) is 4.72 Å². The first-order valence-corrected chi connectivity index (χ1v) is 9.83. The van der Waals surface area contributed by atoms with Gasteiger partial charge in [-0.2, -0.15) is 0 Å². The molecule has 0 unspecified atom stereocenters. The van der Waals surface area contributed by atoms with Crippen molar-refractivity contribution in [1.29, 1.82) is 0 Å². The molecule has 2 aromatic rings. The van der Waals surface area contributed by atoms with Crippen molar-refractivity contribution in [3.63, 3.8) is 0 Å². The van der Waals surface area contributed by atoms with E-state index >= 15 is 0 Å². The number of hydrogen-bond acceptors (Lipinski definition) is 3. The summed E-state index contributed by atoms with van der Waals surface area (Å²) in [6.45, 7) is 3.95. The van der Waals surface area contributed by atoms with E-state index in [-0.39, 0.29) is 27.4 Å². The molecule has 2 aromatic carbocycles. The van der Waals surface area contributed by atoms with E-state index in [2.05, 4.69) is 10.0 Å². The molecule has 1 aliphatic rings. The van der Waals surface area contributed by atoms with Gasteiger partial charge in [-0.25, -0.2) is 13.1 Å². The monoisotopic (exact) mass is 378 g/mol. The zero-order valence-electron chi connectivity index (χ0n) is 14.0. The number of amides is 1. The fourth-order valence-corrected chi connectivity index (χ4v) is 4.19. The lowest BCUT2D eigenvalue weighted by Crippen LogP contribution is -2.26. The Bertz CT molecular complexity index is 937. The number of aryl methyl sites for hydroxylation is 2. The molecule has 7 heteroatoms. The van der Waals surface area contributed by atoms with Crippen molar-refractivity contribution >= 4 is 33.2 Å². The van der Waals surface area contributed by atoms with Crippen LogP contribution in [-0.2, 0) is 10.0 Å². The molecule has 1 saturated carbocycles. The maximum atomic E-state index is 12.5. The average molecular weight is 379 g/mol. The van der Waals surface area contributed by atoms with Gasteiger partial charge in [0.25, 0.3) is 5.91 Å². The minimum atomic E-state index is -3.73. The molecule has 0 bridgehead atoms. The van der Waals surface area contributed by atoms with Crippen LogP contribution >= 0.6 is 11.6 Å². The predicted octanol–water partition coefficient (Wildman–Crippen LogP) is 3.65. The Labute approximate surface area is 152 Å². The van der Waals surface area contributed by atoms with Crippen LogP contribution in [-0.4, -0.2) is 20.4 Å². The summed E-state index contributed by atoms with van der Waals surface area (Å²) in [5.74, 6) is -0.386. The van der Waals surface area contributed by atoms with E-state index in [1.807, 2.05) is 32.0 Å². The van der Waals surface area contributed by atoms with Crippen molar-refractivity contribution in [3.05, 3.63) is 58.1 Å². The van der Waals surface area contributed by atoms with E-state index in [1.165, 1.54) is 18.2 Å². The van der Waals surface area contributed by atoms with Crippen LogP contribution in [0.2, 0.25) is 5.02 Å². The van der Waals surface area contributed by atoms with Crippen LogP contribution in [0, 0.1) is 13.8 Å². The Morgan fingerprint density at radius 3 is 2.44 bits per heavy atom. The summed E-state index contributed by atoms with van der Waals surface area (Å²) in [5, 5.41) is 2.87. The van der Waals surface area contributed by atoms with Crippen LogP contribution in [0.1, 0.15) is 34.3 Å². The highest BCUT2D eigenvalue weighted by Crippen LogP contribution is 2.27. The van der Waals surface area contributed by atoms with Crippen molar-refractivity contribution in [2.45, 2.75) is 37.6 Å². The standard InChI is InChI=1S/C18H19ClN2O3S/c1-11-3-5-15(9-12(11)2)20-18(22)13-4-8-16(19)17(10-13)25(23,24)21-14-6-7-14/h3-5,8-10,14,21H,6-7H2,1-2H3,(H,20,22). The van der Waals surface area contributed by atoms with Gasteiger partial charge in [0.05, 0.1) is 5.02 Å². The van der Waals surface area contributed by atoms with Crippen molar-refractivity contribution in [2.75, 3.05) is 5.32 Å². The summed E-state index contributed by atoms with van der Waals surface area (Å²) in [4.78, 5) is 12.4. The Kier molecular flexibility index (Phi) is 4.86. The fourth-order valence-electron chi connectivity index (χ4n) is 2.36. The third-order valence-electron chi connectivity index (χ3n) is 4.15. The number of rotatable bonds is 5. The molecule has 0 atom stereocenters. The van der Waals surface area contributed by atoms with E-state index in [0.29, 0.717) is 5.69 Å². The molecule has 1 amide bonds. The van der Waals surface area contributed by atoms with Crippen LogP contribution in [0.25, 0.3) is 0 Å². The molecule has 25 heavy (non-hydrogen) atoms. The molecule has 0 aliphatic heterocycles. The number of sulfonamides is 1. The highest BCUT2D eigenvalue weighted by atomic mass is 35.5. The van der Waals surface area contributed by atoms with Crippen molar-refractivity contribution in [3.8, 4) is 0 Å². The van der Waals surface area contributed by atoms with E-state index in [0.717, 1.165) is 24.0 Å². The SMILES string of the molecule is Cc1ccc(NC(=O)c2ccc(Cl)c(S(=O)(=O)NC3CC3)c2)cc1C. The number of halogens is 1. The molecule has 1 aliphatic carbocycles. The largest absolute Gasteiger partial charge is 0.322 e. The van der Waals surface area contributed by atoms with Gasteiger partial charge in [0.15, 0.2) is 0 Å². The molecule has 0 spiro atoms. The molecular formula is C18H19ClN2O3S. The number of nitrogens with one attached hydrogen (secondary N) is 2. The molecule has 0 saturated heterocycles. The van der Waals surface area contributed by atoms with E-state index < -0.39 is 10.0 Å². The highest BCUT2D eigenvalue weighted by molar-refractivity contribution is 7.89. The second-order valence-electron chi connectivity index (χ2n) is 6.29. The second kappa shape index (κ2) is 6.78. The lowest BCUT2D eigenvalue weighted by atomic mass is 10.1. The van der Waals surface area contributed by atoms with Gasteiger partial charge in [-0.3, -0.25) is 4.79 Å². The van der Waals surface area contributed by atoms with Gasteiger partial charge in [0.2, 0.25) is 10.0 Å². The highest BCUT2D eigenvalue weighted by Gasteiger charge is 2.29. The third kappa shape index (κ3) is 4.21. The van der Waals surface area contributed by atoms with Crippen molar-refractivity contribution in [2.24, 2.45) is 0 Å². The Morgan fingerprint density at radius 1 is 1.08 bits per heavy atom. The van der Waals surface area contributed by atoms with Crippen LogP contribution in [0.15, 0.2) is 41.3 Å². The summed E-state index contributed by atoms with van der Waals surface area (Å²) in [7, 11) is -3.73. The number of carbonyl (C=O) groups excluding carboxylic acids is 1. The zero-order valence-corrected chi connectivity index (χ0v) is 15.5. The molecule has 1 fully saturated rings. The van der Waals surface area contributed by atoms with Gasteiger partial charge >= 0.3 is 0 Å². The molecule has 2 N–H and O–H groups in total. The molecule has 0 aromatic heterocycles. The first kappa shape index (κ1) is 17.9. The summed E-state index contributed by atoms with van der Waals surface area (Å²) in [5.41, 5.74) is 3.08. The summed E-state index contributed by atoms with van der Waals surface area (Å²) < 4.78 is 27.4. The van der Waals surface area contributed by atoms with Crippen molar-refractivity contribution < 1.29 is 13.2 Å². The molecular weight excluding hydrogens is 360 g/mol. The molecule has 0 radical (unpaired) electrons. The van der Waals surface area contributed by atoms with E-state index in [1.54, 1.807) is 0 Å². The van der Waals surface area contributed by atoms with Crippen LogP contribution < -0.4 is 10.0 Å². The van der Waals surface area contributed by atoms with Gasteiger partial charge in [-0.15, -0.1) is 0 Å². The first-order chi connectivity index (χ1) is 11.8. The minimum Gasteiger partial charge on any atom is -0.322 e. The van der Waals surface area contributed by atoms with Gasteiger partial charge in [0.1, 0.15) is 4.90 Å². The van der Waals surface area contributed by atoms with Gasteiger partial charge in [0, 0.05) is 17.3 Å². The summed E-state index contributed by atoms with van der Waals surface area (Å²) in [6.07, 6.45) is 1.65. The van der Waals surface area contributed by atoms with Gasteiger partial charge in [-0.1, -0.05) is 17.7 Å². The van der Waals surface area contributed by atoms with Crippen LogP contribution in [0.3, 0.4) is 0 Å². The van der Waals surface area contributed by atoms with E-state index in [9.17, 15) is 13.2 Å². The van der Waals surface area contributed by atoms with Crippen LogP contribution in [0.5, 0.6) is 0 Å². The Morgan fingerprint density at radius 2 is 1.80 bits per heavy atom. The lowest BCUT2D eigenvalue weighted by Gasteiger charge is -2.11. The van der Waals surface area contributed by atoms with E-state index in [4.69, 9.17) is 11.6 Å². The summed E-state index contributed by atoms with van der Waals surface area (Å²) in [6, 6.07) is 9.81. The smallest absolute Gasteiger partial charge is 0.255 e. The molecule has 5 nitrogen and oxygen atoms in total. The van der Waals surface area contributed by atoms with Gasteiger partial charge < -0.3 is 5.32 Å². The first-order valence-electron chi connectivity index (χ1n) is 7.97. The minimum absolute atomic E-state index is 0.0333. The maximum absolute atomic E-state index is 12.5. The Balaban J connectivity index is 1.85. The average Bonchev–Trinajstić information content (AvgIpc) is 3.34. The molecule has 132 valence electrons. The quantitative estimate of drug-likeness (QED) is 0.833. The maximum Gasteiger partial charge on any atom is 0.255 e. The Hall–Kier alpha value is -1.89. The summed E-state index contributed by atoms with van der Waals surface area (Å²) >= 11 is 6.04. The number of hydrogen-bond donors (Lipinski definition) is 2. The zero-order chi connectivity index (χ0) is 18.2. The predicted molar refractivity (Wildman–Crippen MR) is 98.7 cm³/mol. The number of benzene rings is 2. The number of anilines is 1. The number of carbonyl (C=O) groups is 1. The second-order valence-corrected chi connectivity index (χ2v) is 8.38. The third-order valence-corrected chi connectivity index (χ3v) is 6.15. The normalized spacial score (nSPS) is 14.4. The topological polar surface area (TPSA) is 75.3 Å².